The molecule has 0 radical (unpaired) electrons. The molecule has 1 saturated heterocycles. The van der Waals surface area contributed by atoms with Crippen LogP contribution in [0.15, 0.2) is 53.6 Å². The minimum Gasteiger partial charge on any atom is -0.378 e. The Hall–Kier alpha value is -2.41. The lowest BCUT2D eigenvalue weighted by Crippen LogP contribution is -2.48. The van der Waals surface area contributed by atoms with Crippen molar-refractivity contribution in [1.29, 1.82) is 0 Å². The second-order valence-electron chi connectivity index (χ2n) is 7.42. The molecule has 3 rings (SSSR count). The summed E-state index contributed by atoms with van der Waals surface area (Å²) in [5.41, 5.74) is 5.84. The lowest BCUT2D eigenvalue weighted by molar-refractivity contribution is -0.122. The van der Waals surface area contributed by atoms with E-state index in [1.54, 1.807) is 6.21 Å². The molecule has 1 heterocycles. The number of hydrazone groups is 1. The molecule has 0 saturated carbocycles. The van der Waals surface area contributed by atoms with Crippen molar-refractivity contribution >= 4 is 29.4 Å². The van der Waals surface area contributed by atoms with Gasteiger partial charge < -0.3 is 4.90 Å². The van der Waals surface area contributed by atoms with Crippen LogP contribution in [0.4, 0.5) is 5.69 Å². The highest BCUT2D eigenvalue weighted by atomic mass is 35.5. The van der Waals surface area contributed by atoms with Crippen LogP contribution >= 0.6 is 11.6 Å². The molecule has 154 valence electrons. The van der Waals surface area contributed by atoms with Crippen molar-refractivity contribution in [2.24, 2.45) is 5.10 Å². The number of carbonyl (C=O) groups excluding carboxylic acids is 1. The van der Waals surface area contributed by atoms with Gasteiger partial charge in [-0.1, -0.05) is 41.9 Å². The van der Waals surface area contributed by atoms with Crippen LogP contribution < -0.4 is 10.3 Å². The molecule has 1 aliphatic rings. The monoisotopic (exact) mass is 413 g/mol. The summed E-state index contributed by atoms with van der Waals surface area (Å²) in [5, 5.41) is 4.88. The summed E-state index contributed by atoms with van der Waals surface area (Å²) in [6.07, 6.45) is 1.67. The fourth-order valence-corrected chi connectivity index (χ4v) is 3.44. The van der Waals surface area contributed by atoms with Crippen LogP contribution in [0.5, 0.6) is 0 Å². The Kier molecular flexibility index (Phi) is 7.63. The number of rotatable bonds is 7. The maximum atomic E-state index is 12.2. The van der Waals surface area contributed by atoms with Gasteiger partial charge in [0.25, 0.3) is 5.91 Å². The van der Waals surface area contributed by atoms with Crippen LogP contribution in [0.3, 0.4) is 0 Å². The molecule has 1 amide bonds. The summed E-state index contributed by atoms with van der Waals surface area (Å²) in [6, 6.07) is 15.9. The molecule has 0 spiro atoms. The number of hydrogen-bond acceptors (Lipinski definition) is 5. The van der Waals surface area contributed by atoms with Gasteiger partial charge in [0.2, 0.25) is 0 Å². The quantitative estimate of drug-likeness (QED) is 0.560. The van der Waals surface area contributed by atoms with E-state index in [0.717, 1.165) is 54.6 Å². The Labute approximate surface area is 177 Å². The number of nitrogens with one attached hydrogen (secondary N) is 1. The fourth-order valence-electron chi connectivity index (χ4n) is 3.25. The van der Waals surface area contributed by atoms with Gasteiger partial charge in [-0.25, -0.2) is 5.43 Å². The van der Waals surface area contributed by atoms with Crippen LogP contribution in [-0.4, -0.2) is 68.7 Å². The zero-order valence-electron chi connectivity index (χ0n) is 17.0. The Bertz CT molecular complexity index is 829. The number of halogens is 1. The summed E-state index contributed by atoms with van der Waals surface area (Å²) in [5.74, 6) is -0.0919. The van der Waals surface area contributed by atoms with Gasteiger partial charge in [-0.05, 0) is 29.3 Å². The normalized spacial score (nSPS) is 15.6. The average Bonchev–Trinajstić information content (AvgIpc) is 2.71. The van der Waals surface area contributed by atoms with Crippen molar-refractivity contribution in [1.82, 2.24) is 15.2 Å². The maximum absolute atomic E-state index is 12.2. The minimum atomic E-state index is -0.0919. The van der Waals surface area contributed by atoms with Crippen LogP contribution in [0.1, 0.15) is 11.1 Å². The number of piperazine rings is 1. The average molecular weight is 414 g/mol. The SMILES string of the molecule is CN(C)c1ccc(/C=N/NC(=O)CN2CCN(Cc3ccccc3Cl)CC2)cc1. The molecule has 0 aliphatic carbocycles. The smallest absolute Gasteiger partial charge is 0.254 e. The van der Waals surface area contributed by atoms with Gasteiger partial charge in [0.05, 0.1) is 12.8 Å². The Balaban J connectivity index is 1.39. The summed E-state index contributed by atoms with van der Waals surface area (Å²) >= 11 is 6.25. The molecule has 0 unspecified atom stereocenters. The maximum Gasteiger partial charge on any atom is 0.254 e. The van der Waals surface area contributed by atoms with Crippen LogP contribution in [0, 0.1) is 0 Å². The molecule has 1 N–H and O–H groups in total. The van der Waals surface area contributed by atoms with E-state index >= 15 is 0 Å². The van der Waals surface area contributed by atoms with Gasteiger partial charge in [0.15, 0.2) is 0 Å². The number of amides is 1. The number of hydrogen-bond donors (Lipinski definition) is 1. The van der Waals surface area contributed by atoms with Crippen molar-refractivity contribution in [2.75, 3.05) is 51.7 Å². The minimum absolute atomic E-state index is 0.0919. The zero-order valence-corrected chi connectivity index (χ0v) is 17.8. The molecular weight excluding hydrogens is 386 g/mol. The van der Waals surface area contributed by atoms with E-state index in [1.165, 1.54) is 0 Å². The highest BCUT2D eigenvalue weighted by molar-refractivity contribution is 6.31. The first-order chi connectivity index (χ1) is 14.0. The third-order valence-corrected chi connectivity index (χ3v) is 5.36. The van der Waals surface area contributed by atoms with E-state index < -0.39 is 0 Å². The van der Waals surface area contributed by atoms with E-state index in [-0.39, 0.29) is 5.91 Å². The topological polar surface area (TPSA) is 51.2 Å². The van der Waals surface area contributed by atoms with E-state index in [0.29, 0.717) is 6.54 Å². The van der Waals surface area contributed by atoms with Gasteiger partial charge in [0.1, 0.15) is 0 Å². The van der Waals surface area contributed by atoms with Crippen molar-refractivity contribution in [3.05, 3.63) is 64.7 Å². The Morgan fingerprint density at radius 1 is 1.07 bits per heavy atom. The van der Waals surface area contributed by atoms with Gasteiger partial charge >= 0.3 is 0 Å². The lowest BCUT2D eigenvalue weighted by Gasteiger charge is -2.34. The first kappa shape index (κ1) is 21.3. The molecule has 29 heavy (non-hydrogen) atoms. The Morgan fingerprint density at radius 3 is 2.38 bits per heavy atom. The largest absolute Gasteiger partial charge is 0.378 e. The molecule has 6 nitrogen and oxygen atoms in total. The third-order valence-electron chi connectivity index (χ3n) is 5.00. The second kappa shape index (κ2) is 10.4. The summed E-state index contributed by atoms with van der Waals surface area (Å²) in [4.78, 5) is 18.7. The zero-order chi connectivity index (χ0) is 20.6. The molecule has 0 aromatic heterocycles. The number of anilines is 1. The highest BCUT2D eigenvalue weighted by Crippen LogP contribution is 2.17. The summed E-state index contributed by atoms with van der Waals surface area (Å²) < 4.78 is 0. The molecule has 0 atom stereocenters. The predicted octanol–water partition coefficient (Wildman–Crippen LogP) is 2.67. The number of carbonyl (C=O) groups is 1. The van der Waals surface area contributed by atoms with Crippen molar-refractivity contribution in [3.8, 4) is 0 Å². The third kappa shape index (κ3) is 6.56. The Morgan fingerprint density at radius 2 is 1.72 bits per heavy atom. The molecule has 7 heteroatoms. The van der Waals surface area contributed by atoms with Gasteiger partial charge in [-0.2, -0.15) is 5.10 Å². The molecule has 0 bridgehead atoms. The van der Waals surface area contributed by atoms with Crippen LogP contribution in [-0.2, 0) is 11.3 Å². The van der Waals surface area contributed by atoms with Crippen LogP contribution in [0.2, 0.25) is 5.02 Å². The van der Waals surface area contributed by atoms with Gasteiger partial charge in [0, 0.05) is 57.5 Å². The number of benzene rings is 2. The van der Waals surface area contributed by atoms with Gasteiger partial charge in [-0.15, -0.1) is 0 Å². The van der Waals surface area contributed by atoms with Crippen molar-refractivity contribution in [2.45, 2.75) is 6.54 Å². The molecule has 1 fully saturated rings. The first-order valence-corrected chi connectivity index (χ1v) is 10.2. The van der Waals surface area contributed by atoms with Crippen LogP contribution in [0.25, 0.3) is 0 Å². The van der Waals surface area contributed by atoms with Gasteiger partial charge in [-0.3, -0.25) is 14.6 Å². The second-order valence-corrected chi connectivity index (χ2v) is 7.83. The van der Waals surface area contributed by atoms with Crippen molar-refractivity contribution < 1.29 is 4.79 Å². The van der Waals surface area contributed by atoms with Crippen molar-refractivity contribution in [3.63, 3.8) is 0 Å². The number of nitrogens with zero attached hydrogens (tertiary/aromatic N) is 4. The predicted molar refractivity (Wildman–Crippen MR) is 120 cm³/mol. The fraction of sp³-hybridized carbons (Fsp3) is 0.364. The first-order valence-electron chi connectivity index (χ1n) is 9.78. The molecular formula is C22H28ClN5O. The van der Waals surface area contributed by atoms with E-state index in [1.807, 2.05) is 61.5 Å². The summed E-state index contributed by atoms with van der Waals surface area (Å²) in [6.45, 7) is 4.74. The highest BCUT2D eigenvalue weighted by Gasteiger charge is 2.19. The molecule has 1 aliphatic heterocycles. The lowest BCUT2D eigenvalue weighted by atomic mass is 10.2. The summed E-state index contributed by atoms with van der Waals surface area (Å²) in [7, 11) is 4.00. The molecule has 2 aromatic rings. The van der Waals surface area contributed by atoms with E-state index in [4.69, 9.17) is 11.6 Å². The molecule has 2 aromatic carbocycles. The van der Waals surface area contributed by atoms with E-state index in [2.05, 4.69) is 26.4 Å². The standard InChI is InChI=1S/C22H28ClN5O/c1-26(2)20-9-7-18(8-10-20)15-24-25-22(29)17-28-13-11-27(12-14-28)16-19-5-3-4-6-21(19)23/h3-10,15H,11-14,16-17H2,1-2H3,(H,25,29)/b24-15+. The van der Waals surface area contributed by atoms with E-state index in [9.17, 15) is 4.79 Å².